The first-order valence-electron chi connectivity index (χ1n) is 10.3. The molecular formula is C24H20F2N4O4. The maximum Gasteiger partial charge on any atom is 0.325 e. The number of rotatable bonds is 7. The summed E-state index contributed by atoms with van der Waals surface area (Å²) in [5.74, 6) is -1.97. The van der Waals surface area contributed by atoms with Gasteiger partial charge in [-0.15, -0.1) is 0 Å². The fourth-order valence-corrected chi connectivity index (χ4v) is 3.49. The van der Waals surface area contributed by atoms with Crippen molar-refractivity contribution in [3.63, 3.8) is 0 Å². The molecule has 1 saturated heterocycles. The zero-order chi connectivity index (χ0) is 24.3. The molecule has 0 spiro atoms. The van der Waals surface area contributed by atoms with E-state index >= 15 is 0 Å². The van der Waals surface area contributed by atoms with Gasteiger partial charge in [0.15, 0.2) is 11.6 Å². The molecule has 1 aliphatic heterocycles. The molecule has 0 aliphatic carbocycles. The van der Waals surface area contributed by atoms with Gasteiger partial charge in [0, 0.05) is 12.7 Å². The summed E-state index contributed by atoms with van der Waals surface area (Å²) < 4.78 is 33.0. The van der Waals surface area contributed by atoms with Crippen LogP contribution in [0, 0.1) is 11.6 Å². The van der Waals surface area contributed by atoms with Crippen LogP contribution in [0.25, 0.3) is 0 Å². The molecule has 1 aromatic heterocycles. The van der Waals surface area contributed by atoms with Crippen LogP contribution in [0.2, 0.25) is 0 Å². The Bertz CT molecular complexity index is 1240. The van der Waals surface area contributed by atoms with Crippen molar-refractivity contribution in [3.05, 3.63) is 89.8 Å². The minimum absolute atomic E-state index is 0.00231. The van der Waals surface area contributed by atoms with Gasteiger partial charge in [0.1, 0.15) is 23.7 Å². The average molecular weight is 466 g/mol. The SMILES string of the molecule is CC1(c2ccc(F)cc2)NC(=O)N(CC(=O)NCc2ccc(Oc3cccnc3)c(F)c2)C1=O. The van der Waals surface area contributed by atoms with Gasteiger partial charge in [-0.1, -0.05) is 18.2 Å². The molecule has 3 aromatic rings. The molecule has 0 bridgehead atoms. The standard InChI is InChI=1S/C24H20F2N4O4/c1-24(16-5-7-17(25)8-6-16)22(32)30(23(33)29-24)14-21(31)28-12-15-4-9-20(19(26)11-15)34-18-3-2-10-27-13-18/h2-11,13H,12,14H2,1H3,(H,28,31)(H,29,33). The van der Waals surface area contributed by atoms with E-state index < -0.39 is 41.6 Å². The van der Waals surface area contributed by atoms with Gasteiger partial charge in [-0.2, -0.15) is 0 Å². The summed E-state index contributed by atoms with van der Waals surface area (Å²) >= 11 is 0. The first-order valence-corrected chi connectivity index (χ1v) is 10.3. The Balaban J connectivity index is 1.35. The summed E-state index contributed by atoms with van der Waals surface area (Å²) in [6.45, 7) is 0.935. The van der Waals surface area contributed by atoms with Gasteiger partial charge in [0.2, 0.25) is 5.91 Å². The Morgan fingerprint density at radius 2 is 1.91 bits per heavy atom. The van der Waals surface area contributed by atoms with Crippen molar-refractivity contribution in [1.29, 1.82) is 0 Å². The number of amides is 4. The molecule has 0 saturated carbocycles. The molecule has 1 fully saturated rings. The smallest absolute Gasteiger partial charge is 0.325 e. The molecule has 8 nitrogen and oxygen atoms in total. The first-order chi connectivity index (χ1) is 16.3. The molecule has 1 unspecified atom stereocenters. The minimum Gasteiger partial charge on any atom is -0.453 e. The number of imide groups is 1. The Morgan fingerprint density at radius 1 is 1.15 bits per heavy atom. The number of hydrogen-bond acceptors (Lipinski definition) is 5. The Hall–Kier alpha value is -4.34. The summed E-state index contributed by atoms with van der Waals surface area (Å²) in [4.78, 5) is 42.3. The van der Waals surface area contributed by atoms with Gasteiger partial charge in [-0.3, -0.25) is 19.5 Å². The number of ether oxygens (including phenoxy) is 1. The van der Waals surface area contributed by atoms with Crippen LogP contribution in [0.1, 0.15) is 18.1 Å². The highest BCUT2D eigenvalue weighted by molar-refractivity contribution is 6.09. The summed E-state index contributed by atoms with van der Waals surface area (Å²) in [7, 11) is 0. The van der Waals surface area contributed by atoms with Gasteiger partial charge >= 0.3 is 6.03 Å². The van der Waals surface area contributed by atoms with Crippen LogP contribution in [-0.4, -0.2) is 34.3 Å². The minimum atomic E-state index is -1.42. The Morgan fingerprint density at radius 3 is 2.59 bits per heavy atom. The average Bonchev–Trinajstić information content (AvgIpc) is 3.04. The summed E-state index contributed by atoms with van der Waals surface area (Å²) in [5.41, 5.74) is -0.574. The predicted molar refractivity (Wildman–Crippen MR) is 117 cm³/mol. The maximum atomic E-state index is 14.4. The Kier molecular flexibility index (Phi) is 6.22. The van der Waals surface area contributed by atoms with Crippen LogP contribution in [-0.2, 0) is 21.7 Å². The number of carbonyl (C=O) groups is 3. The molecule has 1 aliphatic rings. The topological polar surface area (TPSA) is 101 Å². The monoisotopic (exact) mass is 466 g/mol. The summed E-state index contributed by atoms with van der Waals surface area (Å²) in [6, 6.07) is 11.9. The molecule has 4 amide bonds. The lowest BCUT2D eigenvalue weighted by atomic mass is 9.92. The van der Waals surface area contributed by atoms with Crippen LogP contribution < -0.4 is 15.4 Å². The number of hydrogen-bond donors (Lipinski definition) is 2. The lowest BCUT2D eigenvalue weighted by Crippen LogP contribution is -2.43. The predicted octanol–water partition coefficient (Wildman–Crippen LogP) is 3.24. The van der Waals surface area contributed by atoms with Crippen molar-refractivity contribution in [3.8, 4) is 11.5 Å². The molecule has 0 radical (unpaired) electrons. The second kappa shape index (κ2) is 9.26. The quantitative estimate of drug-likeness (QED) is 0.521. The zero-order valence-corrected chi connectivity index (χ0v) is 18.0. The maximum absolute atomic E-state index is 14.4. The van der Waals surface area contributed by atoms with E-state index in [1.165, 1.54) is 49.5 Å². The van der Waals surface area contributed by atoms with E-state index in [-0.39, 0.29) is 12.3 Å². The fraction of sp³-hybridized carbons (Fsp3) is 0.167. The second-order valence-corrected chi connectivity index (χ2v) is 7.79. The number of halogens is 2. The number of nitrogens with one attached hydrogen (secondary N) is 2. The number of aromatic nitrogens is 1. The molecule has 2 aromatic carbocycles. The fourth-order valence-electron chi connectivity index (χ4n) is 3.49. The number of carbonyl (C=O) groups excluding carboxylic acids is 3. The molecule has 10 heteroatoms. The van der Waals surface area contributed by atoms with Crippen molar-refractivity contribution < 1.29 is 27.9 Å². The van der Waals surface area contributed by atoms with Gasteiger partial charge in [0.05, 0.1) is 6.20 Å². The van der Waals surface area contributed by atoms with Gasteiger partial charge in [0.25, 0.3) is 5.91 Å². The lowest BCUT2D eigenvalue weighted by molar-refractivity contribution is -0.134. The van der Waals surface area contributed by atoms with E-state index in [4.69, 9.17) is 4.74 Å². The van der Waals surface area contributed by atoms with E-state index in [2.05, 4.69) is 15.6 Å². The van der Waals surface area contributed by atoms with Crippen molar-refractivity contribution in [2.24, 2.45) is 0 Å². The molecule has 2 N–H and O–H groups in total. The largest absolute Gasteiger partial charge is 0.453 e. The molecular weight excluding hydrogens is 446 g/mol. The van der Waals surface area contributed by atoms with Gasteiger partial charge in [-0.05, 0) is 54.4 Å². The van der Waals surface area contributed by atoms with Gasteiger partial charge in [-0.25, -0.2) is 13.6 Å². The Labute approximate surface area is 193 Å². The van der Waals surface area contributed by atoms with E-state index in [1.54, 1.807) is 24.4 Å². The lowest BCUT2D eigenvalue weighted by Gasteiger charge is -2.22. The van der Waals surface area contributed by atoms with Crippen LogP contribution in [0.3, 0.4) is 0 Å². The third-order valence-corrected chi connectivity index (χ3v) is 5.35. The highest BCUT2D eigenvalue weighted by Gasteiger charge is 2.49. The normalized spacial score (nSPS) is 17.4. The highest BCUT2D eigenvalue weighted by Crippen LogP contribution is 2.29. The molecule has 2 heterocycles. The van der Waals surface area contributed by atoms with E-state index in [1.807, 2.05) is 0 Å². The van der Waals surface area contributed by atoms with E-state index in [9.17, 15) is 23.2 Å². The van der Waals surface area contributed by atoms with E-state index in [0.29, 0.717) is 16.9 Å². The van der Waals surface area contributed by atoms with Crippen molar-refractivity contribution >= 4 is 17.8 Å². The first kappa shape index (κ1) is 22.8. The van der Waals surface area contributed by atoms with Crippen LogP contribution in [0.4, 0.5) is 13.6 Å². The van der Waals surface area contributed by atoms with Gasteiger partial charge < -0.3 is 15.4 Å². The molecule has 1 atom stereocenters. The van der Waals surface area contributed by atoms with Crippen molar-refractivity contribution in [2.75, 3.05) is 6.54 Å². The third-order valence-electron chi connectivity index (χ3n) is 5.35. The number of pyridine rings is 1. The van der Waals surface area contributed by atoms with Crippen LogP contribution in [0.15, 0.2) is 67.0 Å². The summed E-state index contributed by atoms with van der Waals surface area (Å²) in [5, 5.41) is 5.10. The van der Waals surface area contributed by atoms with Crippen LogP contribution >= 0.6 is 0 Å². The van der Waals surface area contributed by atoms with E-state index in [0.717, 1.165) is 4.90 Å². The second-order valence-electron chi connectivity index (χ2n) is 7.79. The zero-order valence-electron chi connectivity index (χ0n) is 18.0. The summed E-state index contributed by atoms with van der Waals surface area (Å²) in [6.07, 6.45) is 3.02. The van der Waals surface area contributed by atoms with Crippen LogP contribution in [0.5, 0.6) is 11.5 Å². The molecule has 4 rings (SSSR count). The van der Waals surface area contributed by atoms with Crippen molar-refractivity contribution in [1.82, 2.24) is 20.5 Å². The number of urea groups is 1. The van der Waals surface area contributed by atoms with Crippen molar-refractivity contribution in [2.45, 2.75) is 19.0 Å². The number of benzene rings is 2. The number of nitrogens with zero attached hydrogens (tertiary/aromatic N) is 2. The molecule has 34 heavy (non-hydrogen) atoms. The highest BCUT2D eigenvalue weighted by atomic mass is 19.1. The third kappa shape index (κ3) is 4.70. The molecule has 174 valence electrons.